The number of methoxy groups -OCH3 is 2. The molecule has 0 unspecified atom stereocenters. The zero-order valence-corrected chi connectivity index (χ0v) is 19.1. The van der Waals surface area contributed by atoms with E-state index in [2.05, 4.69) is 10.3 Å². The summed E-state index contributed by atoms with van der Waals surface area (Å²) in [6.45, 7) is 3.63. The summed E-state index contributed by atoms with van der Waals surface area (Å²) in [6, 6.07) is 6.14. The van der Waals surface area contributed by atoms with Crippen molar-refractivity contribution in [1.82, 2.24) is 14.6 Å². The molecule has 1 N–H and O–H groups in total. The van der Waals surface area contributed by atoms with Gasteiger partial charge < -0.3 is 24.3 Å². The second kappa shape index (κ2) is 10.6. The summed E-state index contributed by atoms with van der Waals surface area (Å²) in [7, 11) is -1.06. The molecule has 1 aromatic heterocycles. The van der Waals surface area contributed by atoms with Gasteiger partial charge in [-0.15, -0.1) is 0 Å². The number of nitrogens with zero attached hydrogens (tertiary/aromatic N) is 2. The lowest BCUT2D eigenvalue weighted by Gasteiger charge is -2.26. The number of sulfonamides is 1. The molecule has 0 radical (unpaired) electrons. The van der Waals surface area contributed by atoms with Crippen LogP contribution in [0.25, 0.3) is 0 Å². The van der Waals surface area contributed by atoms with Crippen LogP contribution in [0.4, 0.5) is 0 Å². The molecule has 1 amide bonds. The van der Waals surface area contributed by atoms with Gasteiger partial charge in [0.1, 0.15) is 0 Å². The number of carbonyl (C=O) groups excluding carboxylic acids is 1. The van der Waals surface area contributed by atoms with Crippen LogP contribution in [0.3, 0.4) is 0 Å². The lowest BCUT2D eigenvalue weighted by molar-refractivity contribution is 0.0730. The molecule has 1 aliphatic heterocycles. The van der Waals surface area contributed by atoms with Crippen molar-refractivity contribution in [3.05, 3.63) is 41.6 Å². The average Bonchev–Trinajstić information content (AvgIpc) is 2.82. The molecule has 1 fully saturated rings. The van der Waals surface area contributed by atoms with Crippen LogP contribution in [-0.4, -0.2) is 70.7 Å². The van der Waals surface area contributed by atoms with Gasteiger partial charge in [0.25, 0.3) is 5.91 Å². The molecule has 174 valence electrons. The minimum Gasteiger partial charge on any atom is -0.493 e. The Morgan fingerprint density at radius 1 is 1.19 bits per heavy atom. The van der Waals surface area contributed by atoms with Crippen LogP contribution in [-0.2, 0) is 21.3 Å². The topological polar surface area (TPSA) is 116 Å². The zero-order chi connectivity index (χ0) is 23.1. The molecule has 0 atom stereocenters. The first-order valence-corrected chi connectivity index (χ1v) is 11.5. The summed E-state index contributed by atoms with van der Waals surface area (Å²) in [4.78, 5) is 17.1. The van der Waals surface area contributed by atoms with Crippen molar-refractivity contribution in [2.75, 3.05) is 47.1 Å². The van der Waals surface area contributed by atoms with Crippen molar-refractivity contribution >= 4 is 15.9 Å². The fraction of sp³-hybridized carbons (Fsp3) is 0.429. The molecule has 11 heteroatoms. The molecule has 1 aromatic carbocycles. The van der Waals surface area contributed by atoms with E-state index in [0.29, 0.717) is 25.7 Å². The summed E-state index contributed by atoms with van der Waals surface area (Å²) >= 11 is 0. The van der Waals surface area contributed by atoms with Gasteiger partial charge in [-0.3, -0.25) is 4.79 Å². The first-order chi connectivity index (χ1) is 15.4. The normalized spacial score (nSPS) is 14.6. The van der Waals surface area contributed by atoms with Crippen molar-refractivity contribution in [3.8, 4) is 17.4 Å². The summed E-state index contributed by atoms with van der Waals surface area (Å²) in [5.74, 6) is 0.247. The predicted molar refractivity (Wildman–Crippen MR) is 116 cm³/mol. The van der Waals surface area contributed by atoms with Crippen molar-refractivity contribution in [1.29, 1.82) is 0 Å². The third-order valence-electron chi connectivity index (χ3n) is 4.85. The quantitative estimate of drug-likeness (QED) is 0.592. The van der Waals surface area contributed by atoms with Gasteiger partial charge in [0, 0.05) is 38.0 Å². The number of benzene rings is 1. The van der Waals surface area contributed by atoms with E-state index < -0.39 is 15.9 Å². The number of aromatic nitrogens is 1. The van der Waals surface area contributed by atoms with E-state index in [9.17, 15) is 13.2 Å². The maximum Gasteiger partial charge on any atom is 0.255 e. The maximum absolute atomic E-state index is 13.1. The highest BCUT2D eigenvalue weighted by molar-refractivity contribution is 7.89. The highest BCUT2D eigenvalue weighted by Gasteiger charge is 2.30. The molecule has 10 nitrogen and oxygen atoms in total. The number of carbonyl (C=O) groups is 1. The largest absolute Gasteiger partial charge is 0.493 e. The Bertz CT molecular complexity index is 1050. The molecule has 32 heavy (non-hydrogen) atoms. The van der Waals surface area contributed by atoms with Crippen LogP contribution in [0.1, 0.15) is 22.8 Å². The molecular weight excluding hydrogens is 438 g/mol. The van der Waals surface area contributed by atoms with Gasteiger partial charge >= 0.3 is 0 Å². The Labute approximate surface area is 187 Å². The smallest absolute Gasteiger partial charge is 0.255 e. The van der Waals surface area contributed by atoms with Crippen molar-refractivity contribution in [3.63, 3.8) is 0 Å². The van der Waals surface area contributed by atoms with Crippen LogP contribution >= 0.6 is 0 Å². The number of nitrogens with one attached hydrogen (secondary N) is 1. The van der Waals surface area contributed by atoms with Gasteiger partial charge in [-0.2, -0.15) is 4.31 Å². The van der Waals surface area contributed by atoms with E-state index in [4.69, 9.17) is 18.9 Å². The van der Waals surface area contributed by atoms with Gasteiger partial charge in [0.05, 0.1) is 44.5 Å². The highest BCUT2D eigenvalue weighted by Crippen LogP contribution is 2.35. The molecule has 1 aliphatic rings. The minimum absolute atomic E-state index is 0.0512. The van der Waals surface area contributed by atoms with Crippen LogP contribution in [0, 0.1) is 0 Å². The van der Waals surface area contributed by atoms with Gasteiger partial charge in [-0.1, -0.05) is 0 Å². The number of hydrogen-bond donors (Lipinski definition) is 1. The van der Waals surface area contributed by atoms with E-state index in [-0.39, 0.29) is 41.6 Å². The number of amides is 1. The Morgan fingerprint density at radius 3 is 2.59 bits per heavy atom. The predicted octanol–water partition coefficient (Wildman–Crippen LogP) is 1.45. The molecule has 0 saturated carbocycles. The van der Waals surface area contributed by atoms with Crippen LogP contribution < -0.4 is 19.5 Å². The second-order valence-electron chi connectivity index (χ2n) is 6.84. The molecule has 0 aliphatic carbocycles. The maximum atomic E-state index is 13.1. The van der Waals surface area contributed by atoms with Crippen molar-refractivity contribution in [2.45, 2.75) is 18.4 Å². The standard InChI is InChI=1S/C21H27N3O7S/c1-4-31-19-11-15(5-6-22-19)14-23-21(25)17-12-16(13-18(28-2)20(17)29-3)32(26,27)24-7-9-30-10-8-24/h5-6,11-13H,4,7-10,14H2,1-3H3,(H,23,25). The first-order valence-electron chi connectivity index (χ1n) is 10.1. The van der Waals surface area contributed by atoms with Gasteiger partial charge in [0.2, 0.25) is 15.9 Å². The Kier molecular flexibility index (Phi) is 7.89. The fourth-order valence-electron chi connectivity index (χ4n) is 3.26. The van der Waals surface area contributed by atoms with Crippen molar-refractivity contribution in [2.24, 2.45) is 0 Å². The van der Waals surface area contributed by atoms with E-state index in [1.54, 1.807) is 18.3 Å². The second-order valence-corrected chi connectivity index (χ2v) is 8.78. The third kappa shape index (κ3) is 5.29. The Morgan fingerprint density at radius 2 is 1.94 bits per heavy atom. The van der Waals surface area contributed by atoms with Crippen LogP contribution in [0.2, 0.25) is 0 Å². The lowest BCUT2D eigenvalue weighted by atomic mass is 10.1. The molecular formula is C21H27N3O7S. The Hall–Kier alpha value is -2.89. The summed E-state index contributed by atoms with van der Waals surface area (Å²) < 4.78 is 48.9. The first kappa shape index (κ1) is 23.8. The van der Waals surface area contributed by atoms with Crippen LogP contribution in [0.5, 0.6) is 17.4 Å². The number of ether oxygens (including phenoxy) is 4. The number of hydrogen-bond acceptors (Lipinski definition) is 8. The van der Waals surface area contributed by atoms with Gasteiger partial charge in [-0.05, 0) is 24.6 Å². The monoisotopic (exact) mass is 465 g/mol. The number of morpholine rings is 1. The van der Waals surface area contributed by atoms with E-state index >= 15 is 0 Å². The Balaban J connectivity index is 1.89. The molecule has 0 spiro atoms. The van der Waals surface area contributed by atoms with Gasteiger partial charge in [-0.25, -0.2) is 13.4 Å². The fourth-order valence-corrected chi connectivity index (χ4v) is 4.71. The molecule has 0 bridgehead atoms. The minimum atomic E-state index is -3.84. The molecule has 1 saturated heterocycles. The highest BCUT2D eigenvalue weighted by atomic mass is 32.2. The number of pyridine rings is 1. The number of rotatable bonds is 9. The summed E-state index contributed by atoms with van der Waals surface area (Å²) in [5, 5.41) is 2.78. The lowest BCUT2D eigenvalue weighted by Crippen LogP contribution is -2.40. The zero-order valence-electron chi connectivity index (χ0n) is 18.3. The summed E-state index contributed by atoms with van der Waals surface area (Å²) in [5.41, 5.74) is 0.831. The average molecular weight is 466 g/mol. The van der Waals surface area contributed by atoms with Crippen molar-refractivity contribution < 1.29 is 32.2 Å². The molecule has 2 aromatic rings. The van der Waals surface area contributed by atoms with E-state index in [1.807, 2.05) is 6.92 Å². The van der Waals surface area contributed by atoms with Crippen LogP contribution in [0.15, 0.2) is 35.4 Å². The van der Waals surface area contributed by atoms with Gasteiger partial charge in [0.15, 0.2) is 11.5 Å². The van der Waals surface area contributed by atoms with E-state index in [1.165, 1.54) is 30.7 Å². The molecule has 2 heterocycles. The van der Waals surface area contributed by atoms with E-state index in [0.717, 1.165) is 5.56 Å². The third-order valence-corrected chi connectivity index (χ3v) is 6.73. The molecule has 3 rings (SSSR count). The SMILES string of the molecule is CCOc1cc(CNC(=O)c2cc(S(=O)(=O)N3CCOCC3)cc(OC)c2OC)ccn1. The summed E-state index contributed by atoms with van der Waals surface area (Å²) in [6.07, 6.45) is 1.59.